The Morgan fingerprint density at radius 2 is 2.28 bits per heavy atom. The van der Waals surface area contributed by atoms with E-state index in [1.165, 1.54) is 10.6 Å². The summed E-state index contributed by atoms with van der Waals surface area (Å²) in [5, 5.41) is 0. The van der Waals surface area contributed by atoms with E-state index < -0.39 is 0 Å². The van der Waals surface area contributed by atoms with Gasteiger partial charge in [-0.3, -0.25) is 9.59 Å². The van der Waals surface area contributed by atoms with Gasteiger partial charge in [-0.25, -0.2) is 0 Å². The largest absolute Gasteiger partial charge is 0.392 e. The maximum absolute atomic E-state index is 12.3. The smallest absolute Gasteiger partial charge is 0.254 e. The monoisotopic (exact) mass is 265 g/mol. The summed E-state index contributed by atoms with van der Waals surface area (Å²) in [6.45, 7) is 0.635. The number of carbonyl (C=O) groups excluding carboxylic acids is 1. The second-order valence-corrected chi connectivity index (χ2v) is 4.89. The number of likely N-dealkylation sites (tertiary alicyclic amines) is 1. The van der Waals surface area contributed by atoms with Crippen LogP contribution >= 0.6 is 12.2 Å². The van der Waals surface area contributed by atoms with E-state index in [0.717, 1.165) is 12.8 Å². The van der Waals surface area contributed by atoms with Gasteiger partial charge in [-0.15, -0.1) is 0 Å². The van der Waals surface area contributed by atoms with Crippen molar-refractivity contribution in [2.45, 2.75) is 18.9 Å². The molecular formula is C12H15N3O2S. The SMILES string of the molecule is Cn1ccc(C(=O)N2CCCC2C(N)=S)cc1=O. The number of nitrogens with two attached hydrogens (primary N) is 1. The predicted molar refractivity (Wildman–Crippen MR) is 72.5 cm³/mol. The highest BCUT2D eigenvalue weighted by atomic mass is 32.1. The summed E-state index contributed by atoms with van der Waals surface area (Å²) in [4.78, 5) is 25.8. The fourth-order valence-corrected chi connectivity index (χ4v) is 2.40. The highest BCUT2D eigenvalue weighted by Gasteiger charge is 2.31. The molecule has 2 rings (SSSR count). The van der Waals surface area contributed by atoms with Gasteiger partial charge in [0.1, 0.15) is 0 Å². The standard InChI is InChI=1S/C12H15N3O2S/c1-14-6-4-8(7-10(14)16)12(17)15-5-2-3-9(15)11(13)18/h4,6-7,9H,2-3,5H2,1H3,(H2,13,18). The van der Waals surface area contributed by atoms with Crippen LogP contribution in [0.2, 0.25) is 0 Å². The lowest BCUT2D eigenvalue weighted by Gasteiger charge is -2.23. The molecule has 2 heterocycles. The van der Waals surface area contributed by atoms with Crippen molar-refractivity contribution in [1.29, 1.82) is 0 Å². The number of thiocarbonyl (C=S) groups is 1. The van der Waals surface area contributed by atoms with Crippen molar-refractivity contribution >= 4 is 23.1 Å². The van der Waals surface area contributed by atoms with E-state index in [9.17, 15) is 9.59 Å². The third-order valence-electron chi connectivity index (χ3n) is 3.19. The van der Waals surface area contributed by atoms with Crippen LogP contribution < -0.4 is 11.3 Å². The van der Waals surface area contributed by atoms with Gasteiger partial charge in [0, 0.05) is 31.4 Å². The molecule has 1 amide bonds. The number of hydrogen-bond donors (Lipinski definition) is 1. The number of aryl methyl sites for hydroxylation is 1. The number of hydrogen-bond acceptors (Lipinski definition) is 3. The number of pyridine rings is 1. The highest BCUT2D eigenvalue weighted by Crippen LogP contribution is 2.19. The summed E-state index contributed by atoms with van der Waals surface area (Å²) in [6, 6.07) is 2.80. The number of nitrogens with zero attached hydrogens (tertiary/aromatic N) is 2. The molecule has 0 bridgehead atoms. The highest BCUT2D eigenvalue weighted by molar-refractivity contribution is 7.80. The molecule has 1 unspecified atom stereocenters. The van der Waals surface area contributed by atoms with Crippen molar-refractivity contribution in [3.63, 3.8) is 0 Å². The number of aromatic nitrogens is 1. The molecule has 1 aliphatic heterocycles. The van der Waals surface area contributed by atoms with Gasteiger partial charge >= 0.3 is 0 Å². The molecule has 2 N–H and O–H groups in total. The minimum Gasteiger partial charge on any atom is -0.392 e. The molecule has 1 atom stereocenters. The molecule has 1 aliphatic rings. The van der Waals surface area contributed by atoms with E-state index in [1.54, 1.807) is 24.2 Å². The summed E-state index contributed by atoms with van der Waals surface area (Å²) in [6.07, 6.45) is 3.27. The van der Waals surface area contributed by atoms with Gasteiger partial charge in [0.15, 0.2) is 0 Å². The van der Waals surface area contributed by atoms with Crippen molar-refractivity contribution in [2.24, 2.45) is 12.8 Å². The van der Waals surface area contributed by atoms with E-state index in [2.05, 4.69) is 0 Å². The van der Waals surface area contributed by atoms with Crippen molar-refractivity contribution in [3.8, 4) is 0 Å². The Labute approximate surface area is 110 Å². The third-order valence-corrected chi connectivity index (χ3v) is 3.47. The Balaban J connectivity index is 2.28. The molecule has 1 fully saturated rings. The van der Waals surface area contributed by atoms with Crippen LogP contribution in [0.25, 0.3) is 0 Å². The fraction of sp³-hybridized carbons (Fsp3) is 0.417. The van der Waals surface area contributed by atoms with Crippen LogP contribution in [-0.4, -0.2) is 32.9 Å². The van der Waals surface area contributed by atoms with Crippen molar-refractivity contribution in [3.05, 3.63) is 34.2 Å². The van der Waals surface area contributed by atoms with Gasteiger partial charge in [-0.2, -0.15) is 0 Å². The number of amides is 1. The molecule has 1 saturated heterocycles. The fourth-order valence-electron chi connectivity index (χ4n) is 2.15. The van der Waals surface area contributed by atoms with Crippen LogP contribution in [0, 0.1) is 0 Å². The maximum atomic E-state index is 12.3. The molecule has 18 heavy (non-hydrogen) atoms. The topological polar surface area (TPSA) is 68.3 Å². The third kappa shape index (κ3) is 2.28. The molecule has 1 aromatic rings. The van der Waals surface area contributed by atoms with E-state index >= 15 is 0 Å². The Morgan fingerprint density at radius 1 is 1.56 bits per heavy atom. The van der Waals surface area contributed by atoms with Gasteiger partial charge in [-0.05, 0) is 18.9 Å². The molecule has 1 aromatic heterocycles. The average molecular weight is 265 g/mol. The zero-order valence-electron chi connectivity index (χ0n) is 10.1. The summed E-state index contributed by atoms with van der Waals surface area (Å²) < 4.78 is 1.42. The first-order chi connectivity index (χ1) is 8.50. The Bertz CT molecular complexity index is 552. The number of rotatable bonds is 2. The van der Waals surface area contributed by atoms with Crippen molar-refractivity contribution < 1.29 is 4.79 Å². The molecule has 5 nitrogen and oxygen atoms in total. The first-order valence-electron chi connectivity index (χ1n) is 5.77. The molecular weight excluding hydrogens is 250 g/mol. The Morgan fingerprint density at radius 3 is 2.89 bits per heavy atom. The first-order valence-corrected chi connectivity index (χ1v) is 6.18. The molecule has 0 saturated carbocycles. The van der Waals surface area contributed by atoms with Gasteiger partial charge in [0.2, 0.25) is 0 Å². The van der Waals surface area contributed by atoms with Crippen LogP contribution in [0.1, 0.15) is 23.2 Å². The lowest BCUT2D eigenvalue weighted by molar-refractivity contribution is 0.0770. The summed E-state index contributed by atoms with van der Waals surface area (Å²) in [7, 11) is 1.64. The summed E-state index contributed by atoms with van der Waals surface area (Å²) in [5.41, 5.74) is 5.82. The van der Waals surface area contributed by atoms with Crippen molar-refractivity contribution in [1.82, 2.24) is 9.47 Å². The Kier molecular flexibility index (Phi) is 3.47. The van der Waals surface area contributed by atoms with Crippen LogP contribution in [0.4, 0.5) is 0 Å². The van der Waals surface area contributed by atoms with Gasteiger partial charge in [0.25, 0.3) is 11.5 Å². The Hall–Kier alpha value is -1.69. The van der Waals surface area contributed by atoms with E-state index in [0.29, 0.717) is 17.1 Å². The molecule has 0 aromatic carbocycles. The minimum atomic E-state index is -0.202. The molecule has 0 spiro atoms. The van der Waals surface area contributed by atoms with E-state index in [4.69, 9.17) is 18.0 Å². The molecule has 0 radical (unpaired) electrons. The van der Waals surface area contributed by atoms with E-state index in [-0.39, 0.29) is 17.5 Å². The van der Waals surface area contributed by atoms with E-state index in [1.807, 2.05) is 0 Å². The lowest BCUT2D eigenvalue weighted by atomic mass is 10.2. The zero-order valence-corrected chi connectivity index (χ0v) is 10.9. The summed E-state index contributed by atoms with van der Waals surface area (Å²) >= 11 is 4.97. The zero-order chi connectivity index (χ0) is 13.3. The lowest BCUT2D eigenvalue weighted by Crippen LogP contribution is -2.43. The van der Waals surface area contributed by atoms with Crippen LogP contribution in [0.3, 0.4) is 0 Å². The van der Waals surface area contributed by atoms with Crippen molar-refractivity contribution in [2.75, 3.05) is 6.54 Å². The molecule has 96 valence electrons. The quantitative estimate of drug-likeness (QED) is 0.780. The second kappa shape index (κ2) is 4.89. The van der Waals surface area contributed by atoms with Crippen LogP contribution in [0.5, 0.6) is 0 Å². The molecule has 0 aliphatic carbocycles. The average Bonchev–Trinajstić information content (AvgIpc) is 2.81. The summed E-state index contributed by atoms with van der Waals surface area (Å²) in [5.74, 6) is -0.178. The van der Waals surface area contributed by atoms with Gasteiger partial charge in [0.05, 0.1) is 11.0 Å². The van der Waals surface area contributed by atoms with Gasteiger partial charge in [-0.1, -0.05) is 12.2 Å². The maximum Gasteiger partial charge on any atom is 0.254 e. The van der Waals surface area contributed by atoms with Gasteiger partial charge < -0.3 is 15.2 Å². The van der Waals surface area contributed by atoms with Crippen LogP contribution in [0.15, 0.2) is 23.1 Å². The normalized spacial score (nSPS) is 18.9. The minimum absolute atomic E-state index is 0.178. The molecule has 6 heteroatoms. The predicted octanol–water partition coefficient (Wildman–Crippen LogP) is 0.276. The van der Waals surface area contributed by atoms with Crippen LogP contribution in [-0.2, 0) is 7.05 Å². The number of carbonyl (C=O) groups is 1. The first kappa shape index (κ1) is 12.8. The second-order valence-electron chi connectivity index (χ2n) is 4.42.